The summed E-state index contributed by atoms with van der Waals surface area (Å²) in [5, 5.41) is 2.81. The summed E-state index contributed by atoms with van der Waals surface area (Å²) in [7, 11) is 0. The quantitative estimate of drug-likeness (QED) is 0.773. The third-order valence-electron chi connectivity index (χ3n) is 2.40. The van der Waals surface area contributed by atoms with Gasteiger partial charge in [0.05, 0.1) is 18.2 Å². The summed E-state index contributed by atoms with van der Waals surface area (Å²) in [6, 6.07) is 3.87. The Morgan fingerprint density at radius 3 is 2.89 bits per heavy atom. The van der Waals surface area contributed by atoms with E-state index < -0.39 is 0 Å². The first-order chi connectivity index (χ1) is 8.84. The first-order valence-electron chi connectivity index (χ1n) is 5.68. The van der Waals surface area contributed by atoms with Crippen molar-refractivity contribution in [1.82, 2.24) is 20.3 Å². The van der Waals surface area contributed by atoms with Crippen molar-refractivity contribution in [2.75, 3.05) is 6.54 Å². The number of hydrogen-bond acceptors (Lipinski definition) is 3. The number of carbonyl (C=O) groups is 1. The van der Waals surface area contributed by atoms with Crippen LogP contribution in [0, 0.1) is 0 Å². The van der Waals surface area contributed by atoms with Gasteiger partial charge >= 0.3 is 0 Å². The molecule has 0 aromatic carbocycles. The number of imidazole rings is 1. The molecular formula is C13H14N4O. The zero-order chi connectivity index (χ0) is 12.6. The number of aromatic nitrogens is 3. The number of hydrogen-bond donors (Lipinski definition) is 2. The van der Waals surface area contributed by atoms with Gasteiger partial charge in [-0.05, 0) is 30.2 Å². The lowest BCUT2D eigenvalue weighted by atomic mass is 10.2. The molecular weight excluding hydrogens is 228 g/mol. The largest absolute Gasteiger partial charge is 0.352 e. The van der Waals surface area contributed by atoms with Crippen molar-refractivity contribution in [3.05, 3.63) is 54.4 Å². The molecule has 18 heavy (non-hydrogen) atoms. The molecule has 0 bridgehead atoms. The van der Waals surface area contributed by atoms with E-state index in [1.807, 2.05) is 12.1 Å². The van der Waals surface area contributed by atoms with Gasteiger partial charge in [0.1, 0.15) is 0 Å². The van der Waals surface area contributed by atoms with E-state index in [0.29, 0.717) is 6.54 Å². The Balaban J connectivity index is 1.72. The number of aromatic amines is 1. The molecule has 2 aromatic heterocycles. The molecule has 5 nitrogen and oxygen atoms in total. The number of rotatable bonds is 5. The van der Waals surface area contributed by atoms with Crippen molar-refractivity contribution in [2.24, 2.45) is 0 Å². The Labute approximate surface area is 105 Å². The van der Waals surface area contributed by atoms with E-state index in [4.69, 9.17) is 0 Å². The van der Waals surface area contributed by atoms with Crippen LogP contribution in [-0.2, 0) is 11.2 Å². The number of amides is 1. The fourth-order valence-electron chi connectivity index (χ4n) is 1.46. The number of nitrogens with one attached hydrogen (secondary N) is 2. The molecule has 92 valence electrons. The van der Waals surface area contributed by atoms with Gasteiger partial charge in [-0.3, -0.25) is 9.78 Å². The van der Waals surface area contributed by atoms with Crippen molar-refractivity contribution in [2.45, 2.75) is 6.42 Å². The minimum atomic E-state index is -0.112. The van der Waals surface area contributed by atoms with Crippen LogP contribution in [0.3, 0.4) is 0 Å². The van der Waals surface area contributed by atoms with Crippen LogP contribution >= 0.6 is 0 Å². The van der Waals surface area contributed by atoms with Gasteiger partial charge in [0.15, 0.2) is 0 Å². The molecule has 5 heteroatoms. The standard InChI is InChI=1S/C13H14N4O/c18-13(2-1-12-9-15-10-17-12)16-8-5-11-3-6-14-7-4-11/h1-4,6-7,9-10H,5,8H2,(H,15,17)(H,16,18). The van der Waals surface area contributed by atoms with E-state index in [1.54, 1.807) is 31.0 Å². The SMILES string of the molecule is O=C(C=Cc1cnc[nH]1)NCCc1ccncc1. The lowest BCUT2D eigenvalue weighted by molar-refractivity contribution is -0.116. The molecule has 0 aliphatic carbocycles. The van der Waals surface area contributed by atoms with Crippen LogP contribution in [0.4, 0.5) is 0 Å². The second kappa shape index (κ2) is 6.34. The van der Waals surface area contributed by atoms with Crippen LogP contribution in [0.25, 0.3) is 6.08 Å². The van der Waals surface area contributed by atoms with E-state index in [0.717, 1.165) is 17.7 Å². The summed E-state index contributed by atoms with van der Waals surface area (Å²) in [4.78, 5) is 22.2. The van der Waals surface area contributed by atoms with E-state index in [2.05, 4.69) is 20.3 Å². The topological polar surface area (TPSA) is 70.7 Å². The Bertz CT molecular complexity index is 505. The van der Waals surface area contributed by atoms with Gasteiger partial charge in [-0.1, -0.05) is 0 Å². The van der Waals surface area contributed by atoms with Crippen LogP contribution in [-0.4, -0.2) is 27.4 Å². The van der Waals surface area contributed by atoms with Gasteiger partial charge in [-0.25, -0.2) is 4.98 Å². The molecule has 2 N–H and O–H groups in total. The summed E-state index contributed by atoms with van der Waals surface area (Å²) in [6.45, 7) is 0.607. The highest BCUT2D eigenvalue weighted by Crippen LogP contribution is 1.96. The van der Waals surface area contributed by atoms with Crippen molar-refractivity contribution in [3.63, 3.8) is 0 Å². The first kappa shape index (κ1) is 12.0. The molecule has 1 amide bonds. The van der Waals surface area contributed by atoms with Gasteiger partial charge in [-0.15, -0.1) is 0 Å². The predicted octanol–water partition coefficient (Wildman–Crippen LogP) is 1.18. The summed E-state index contributed by atoms with van der Waals surface area (Å²) in [5.41, 5.74) is 1.96. The second-order valence-corrected chi connectivity index (χ2v) is 3.74. The maximum atomic E-state index is 11.5. The van der Waals surface area contributed by atoms with Crippen molar-refractivity contribution >= 4 is 12.0 Å². The molecule has 0 spiro atoms. The molecule has 0 saturated heterocycles. The Hall–Kier alpha value is -2.43. The van der Waals surface area contributed by atoms with Gasteiger partial charge in [0, 0.05) is 25.0 Å². The van der Waals surface area contributed by atoms with Gasteiger partial charge < -0.3 is 10.3 Å². The summed E-state index contributed by atoms with van der Waals surface area (Å²) in [5.74, 6) is -0.112. The van der Waals surface area contributed by atoms with Crippen LogP contribution in [0.5, 0.6) is 0 Å². The van der Waals surface area contributed by atoms with Crippen molar-refractivity contribution in [1.29, 1.82) is 0 Å². The Morgan fingerprint density at radius 2 is 2.17 bits per heavy atom. The normalized spacial score (nSPS) is 10.7. The maximum Gasteiger partial charge on any atom is 0.244 e. The number of H-pyrrole nitrogens is 1. The van der Waals surface area contributed by atoms with Crippen LogP contribution in [0.1, 0.15) is 11.3 Å². The van der Waals surface area contributed by atoms with Gasteiger partial charge in [0.25, 0.3) is 0 Å². The summed E-state index contributed by atoms with van der Waals surface area (Å²) < 4.78 is 0. The highest BCUT2D eigenvalue weighted by molar-refractivity contribution is 5.91. The van der Waals surface area contributed by atoms with E-state index in [-0.39, 0.29) is 5.91 Å². The predicted molar refractivity (Wildman–Crippen MR) is 68.6 cm³/mol. The number of pyridine rings is 1. The fourth-order valence-corrected chi connectivity index (χ4v) is 1.46. The van der Waals surface area contributed by atoms with Gasteiger partial charge in [0.2, 0.25) is 5.91 Å². The average molecular weight is 242 g/mol. The molecule has 0 atom stereocenters. The third-order valence-corrected chi connectivity index (χ3v) is 2.40. The second-order valence-electron chi connectivity index (χ2n) is 3.74. The zero-order valence-corrected chi connectivity index (χ0v) is 9.84. The minimum Gasteiger partial charge on any atom is -0.352 e. The smallest absolute Gasteiger partial charge is 0.244 e. The Morgan fingerprint density at radius 1 is 1.33 bits per heavy atom. The monoisotopic (exact) mass is 242 g/mol. The van der Waals surface area contributed by atoms with E-state index in [1.165, 1.54) is 6.08 Å². The zero-order valence-electron chi connectivity index (χ0n) is 9.84. The average Bonchev–Trinajstić information content (AvgIpc) is 2.91. The highest BCUT2D eigenvalue weighted by Gasteiger charge is 1.96. The highest BCUT2D eigenvalue weighted by atomic mass is 16.1. The van der Waals surface area contributed by atoms with E-state index in [9.17, 15) is 4.79 Å². The third kappa shape index (κ3) is 3.86. The summed E-state index contributed by atoms with van der Waals surface area (Å²) >= 11 is 0. The lowest BCUT2D eigenvalue weighted by Crippen LogP contribution is -2.23. The number of nitrogens with zero attached hydrogens (tertiary/aromatic N) is 2. The molecule has 0 aliphatic heterocycles. The van der Waals surface area contributed by atoms with Gasteiger partial charge in [-0.2, -0.15) is 0 Å². The van der Waals surface area contributed by atoms with E-state index >= 15 is 0 Å². The minimum absolute atomic E-state index is 0.112. The lowest BCUT2D eigenvalue weighted by Gasteiger charge is -2.01. The molecule has 0 aliphatic rings. The van der Waals surface area contributed by atoms with Crippen molar-refractivity contribution in [3.8, 4) is 0 Å². The Kier molecular flexibility index (Phi) is 4.24. The van der Waals surface area contributed by atoms with Crippen LogP contribution in [0.15, 0.2) is 43.1 Å². The summed E-state index contributed by atoms with van der Waals surface area (Å²) in [6.07, 6.45) is 10.7. The van der Waals surface area contributed by atoms with Crippen LogP contribution in [0.2, 0.25) is 0 Å². The molecule has 2 aromatic rings. The first-order valence-corrected chi connectivity index (χ1v) is 5.68. The molecule has 2 heterocycles. The molecule has 0 radical (unpaired) electrons. The number of carbonyl (C=O) groups excluding carboxylic acids is 1. The molecule has 0 fully saturated rings. The van der Waals surface area contributed by atoms with Crippen molar-refractivity contribution < 1.29 is 4.79 Å². The molecule has 0 saturated carbocycles. The molecule has 2 rings (SSSR count). The van der Waals surface area contributed by atoms with Crippen LogP contribution < -0.4 is 5.32 Å². The fraction of sp³-hybridized carbons (Fsp3) is 0.154. The maximum absolute atomic E-state index is 11.5. The molecule has 0 unspecified atom stereocenters.